The summed E-state index contributed by atoms with van der Waals surface area (Å²) >= 11 is 0. The first kappa shape index (κ1) is 22.6. The van der Waals surface area contributed by atoms with Crippen molar-refractivity contribution in [1.82, 2.24) is 20.4 Å². The number of aliphatic imine (C=N–C) groups is 1. The molecular weight excluding hydrogens is 374 g/mol. The Morgan fingerprint density at radius 2 is 1.86 bits per heavy atom. The van der Waals surface area contributed by atoms with E-state index in [0.29, 0.717) is 4.90 Å². The molecule has 1 aliphatic rings. The molecule has 0 bridgehead atoms. The molecule has 0 atom stereocenters. The summed E-state index contributed by atoms with van der Waals surface area (Å²) in [6.45, 7) is 9.95. The summed E-state index contributed by atoms with van der Waals surface area (Å²) in [4.78, 5) is 9.93. The van der Waals surface area contributed by atoms with Gasteiger partial charge in [-0.15, -0.1) is 0 Å². The van der Waals surface area contributed by atoms with Crippen molar-refractivity contribution in [2.75, 3.05) is 65.7 Å². The van der Waals surface area contributed by atoms with E-state index in [1.165, 1.54) is 19.2 Å². The molecule has 0 saturated carbocycles. The quantitative estimate of drug-likeness (QED) is 0.489. The highest BCUT2D eigenvalue weighted by Gasteiger charge is 2.11. The Balaban J connectivity index is 1.77. The first-order valence-electron chi connectivity index (χ1n) is 10.1. The van der Waals surface area contributed by atoms with E-state index < -0.39 is 9.84 Å². The van der Waals surface area contributed by atoms with E-state index >= 15 is 0 Å². The van der Waals surface area contributed by atoms with E-state index in [9.17, 15) is 8.42 Å². The van der Waals surface area contributed by atoms with Crippen LogP contribution in [0.2, 0.25) is 0 Å². The zero-order valence-electron chi connectivity index (χ0n) is 17.4. The largest absolute Gasteiger partial charge is 0.357 e. The molecule has 1 fully saturated rings. The van der Waals surface area contributed by atoms with Crippen LogP contribution in [0.15, 0.2) is 34.2 Å². The van der Waals surface area contributed by atoms with Crippen LogP contribution < -0.4 is 10.6 Å². The Labute approximate surface area is 170 Å². The van der Waals surface area contributed by atoms with E-state index in [2.05, 4.69) is 34.4 Å². The summed E-state index contributed by atoms with van der Waals surface area (Å²) in [6, 6.07) is 7.09. The number of benzene rings is 1. The zero-order chi connectivity index (χ0) is 20.4. The van der Waals surface area contributed by atoms with Gasteiger partial charge in [-0.3, -0.25) is 4.99 Å². The highest BCUT2D eigenvalue weighted by molar-refractivity contribution is 7.90. The molecule has 1 aliphatic heterocycles. The predicted molar refractivity (Wildman–Crippen MR) is 116 cm³/mol. The van der Waals surface area contributed by atoms with Crippen LogP contribution in [0.25, 0.3) is 0 Å². The maximum absolute atomic E-state index is 11.5. The second-order valence-corrected chi connectivity index (χ2v) is 9.37. The van der Waals surface area contributed by atoms with Crippen LogP contribution in [0.1, 0.15) is 18.9 Å². The lowest BCUT2D eigenvalue weighted by molar-refractivity contribution is 0.283. The van der Waals surface area contributed by atoms with Crippen molar-refractivity contribution < 1.29 is 8.42 Å². The van der Waals surface area contributed by atoms with E-state index in [-0.39, 0.29) is 0 Å². The first-order valence-corrected chi connectivity index (χ1v) is 12.0. The van der Waals surface area contributed by atoms with Crippen molar-refractivity contribution in [2.24, 2.45) is 4.99 Å². The summed E-state index contributed by atoms with van der Waals surface area (Å²) in [5.41, 5.74) is 1.10. The summed E-state index contributed by atoms with van der Waals surface area (Å²) < 4.78 is 23.1. The molecule has 1 aromatic carbocycles. The Kier molecular flexibility index (Phi) is 9.21. The Hall–Kier alpha value is -1.64. The number of guanidine groups is 1. The topological polar surface area (TPSA) is 77.0 Å². The molecule has 2 N–H and O–H groups in total. The maximum atomic E-state index is 11.5. The molecule has 0 unspecified atom stereocenters. The number of sulfone groups is 1. The molecule has 0 aromatic heterocycles. The van der Waals surface area contributed by atoms with Gasteiger partial charge in [0.25, 0.3) is 0 Å². The van der Waals surface area contributed by atoms with Gasteiger partial charge in [-0.25, -0.2) is 8.42 Å². The lowest BCUT2D eigenvalue weighted by Crippen LogP contribution is -2.39. The number of nitrogens with zero attached hydrogens (tertiary/aromatic N) is 3. The maximum Gasteiger partial charge on any atom is 0.191 e. The first-order chi connectivity index (χ1) is 13.4. The van der Waals surface area contributed by atoms with E-state index in [4.69, 9.17) is 4.99 Å². The molecule has 1 heterocycles. The van der Waals surface area contributed by atoms with E-state index in [1.807, 2.05) is 12.1 Å². The summed E-state index contributed by atoms with van der Waals surface area (Å²) in [6.07, 6.45) is 3.26. The number of likely N-dealkylation sites (N-methyl/N-ethyl adjacent to an activating group) is 1. The highest BCUT2D eigenvalue weighted by atomic mass is 32.2. The third-order valence-electron chi connectivity index (χ3n) is 4.90. The highest BCUT2D eigenvalue weighted by Crippen LogP contribution is 2.10. The minimum absolute atomic E-state index is 0.360. The van der Waals surface area contributed by atoms with Crippen molar-refractivity contribution in [3.8, 4) is 0 Å². The monoisotopic (exact) mass is 409 g/mol. The molecule has 1 aromatic rings. The SMILES string of the molecule is CCNC(=NCCN1CCCN(C)CC1)NCCc1ccc(S(C)(=O)=O)cc1. The van der Waals surface area contributed by atoms with Gasteiger partial charge in [-0.2, -0.15) is 0 Å². The van der Waals surface area contributed by atoms with Crippen molar-refractivity contribution >= 4 is 15.8 Å². The van der Waals surface area contributed by atoms with Crippen LogP contribution in [-0.4, -0.2) is 89.8 Å². The van der Waals surface area contributed by atoms with Crippen molar-refractivity contribution in [2.45, 2.75) is 24.7 Å². The molecule has 28 heavy (non-hydrogen) atoms. The predicted octanol–water partition coefficient (Wildman–Crippen LogP) is 0.825. The van der Waals surface area contributed by atoms with Crippen LogP contribution in [-0.2, 0) is 16.3 Å². The Morgan fingerprint density at radius 3 is 2.54 bits per heavy atom. The molecule has 8 heteroatoms. The summed E-state index contributed by atoms with van der Waals surface area (Å²) in [5, 5.41) is 6.65. The van der Waals surface area contributed by atoms with Gasteiger partial charge in [0, 0.05) is 39.0 Å². The minimum Gasteiger partial charge on any atom is -0.357 e. The Bertz CT molecular complexity index is 719. The van der Waals surface area contributed by atoms with Crippen LogP contribution >= 0.6 is 0 Å². The molecule has 0 amide bonds. The average Bonchev–Trinajstić information content (AvgIpc) is 2.86. The molecule has 0 aliphatic carbocycles. The second-order valence-electron chi connectivity index (χ2n) is 7.35. The molecule has 158 valence electrons. The van der Waals surface area contributed by atoms with Crippen molar-refractivity contribution in [3.05, 3.63) is 29.8 Å². The lowest BCUT2D eigenvalue weighted by Gasteiger charge is -2.19. The molecule has 0 spiro atoms. The van der Waals surface area contributed by atoms with Crippen LogP contribution in [0, 0.1) is 0 Å². The molecule has 7 nitrogen and oxygen atoms in total. The number of rotatable bonds is 8. The van der Waals surface area contributed by atoms with Crippen molar-refractivity contribution in [3.63, 3.8) is 0 Å². The Morgan fingerprint density at radius 1 is 1.11 bits per heavy atom. The lowest BCUT2D eigenvalue weighted by atomic mass is 10.1. The van der Waals surface area contributed by atoms with E-state index in [0.717, 1.165) is 63.8 Å². The molecule has 1 saturated heterocycles. The molecule has 0 radical (unpaired) electrons. The normalized spacial score (nSPS) is 17.3. The summed E-state index contributed by atoms with van der Waals surface area (Å²) in [5.74, 6) is 0.835. The number of hydrogen-bond acceptors (Lipinski definition) is 5. The number of hydrogen-bond donors (Lipinski definition) is 2. The average molecular weight is 410 g/mol. The van der Waals surface area contributed by atoms with Gasteiger partial charge >= 0.3 is 0 Å². The van der Waals surface area contributed by atoms with Crippen LogP contribution in [0.4, 0.5) is 0 Å². The van der Waals surface area contributed by atoms with Gasteiger partial charge in [0.15, 0.2) is 15.8 Å². The molecule has 2 rings (SSSR count). The van der Waals surface area contributed by atoms with Gasteiger partial charge in [0.1, 0.15) is 0 Å². The fraction of sp³-hybridized carbons (Fsp3) is 0.650. The van der Waals surface area contributed by atoms with Crippen LogP contribution in [0.3, 0.4) is 0 Å². The smallest absolute Gasteiger partial charge is 0.191 e. The minimum atomic E-state index is -3.14. The fourth-order valence-corrected chi connectivity index (χ4v) is 3.83. The van der Waals surface area contributed by atoms with Gasteiger partial charge in [-0.05, 0) is 57.6 Å². The van der Waals surface area contributed by atoms with Gasteiger partial charge < -0.3 is 20.4 Å². The molecular formula is C20H35N5O2S. The summed E-state index contributed by atoms with van der Waals surface area (Å²) in [7, 11) is -0.953. The third kappa shape index (κ3) is 8.16. The zero-order valence-corrected chi connectivity index (χ0v) is 18.3. The van der Waals surface area contributed by atoms with Crippen LogP contribution in [0.5, 0.6) is 0 Å². The second kappa shape index (κ2) is 11.4. The van der Waals surface area contributed by atoms with Gasteiger partial charge in [0.2, 0.25) is 0 Å². The van der Waals surface area contributed by atoms with Gasteiger partial charge in [0.05, 0.1) is 11.4 Å². The van der Waals surface area contributed by atoms with Crippen molar-refractivity contribution in [1.29, 1.82) is 0 Å². The standard InChI is InChI=1S/C20H35N5O2S/c1-4-21-20(23-12-15-25-14-5-13-24(2)16-17-25)22-11-10-18-6-8-19(9-7-18)28(3,26)27/h6-9H,4-5,10-17H2,1-3H3,(H2,21,22,23). The number of nitrogens with one attached hydrogen (secondary N) is 2. The van der Waals surface area contributed by atoms with E-state index in [1.54, 1.807) is 12.1 Å². The third-order valence-corrected chi connectivity index (χ3v) is 6.03. The van der Waals surface area contributed by atoms with Gasteiger partial charge in [-0.1, -0.05) is 12.1 Å². The fourth-order valence-electron chi connectivity index (χ4n) is 3.20.